The Balaban J connectivity index is 2.19. The Bertz CT molecular complexity index is 354. The number of anilines is 2. The standard InChI is InChI=1S/C10H14ClN3/c1-10(2)5-14(6-10)9-8(11)3-7(12)4-13-9/h3-4H,5-6,12H2,1-2H3. The van der Waals surface area contributed by atoms with Crippen LogP contribution in [0, 0.1) is 5.41 Å². The molecule has 76 valence electrons. The van der Waals surface area contributed by atoms with Crippen LogP contribution in [0.25, 0.3) is 0 Å². The van der Waals surface area contributed by atoms with Gasteiger partial charge in [0.1, 0.15) is 5.82 Å². The predicted octanol–water partition coefficient (Wildman–Crippen LogP) is 2.16. The molecule has 2 rings (SSSR count). The number of rotatable bonds is 1. The van der Waals surface area contributed by atoms with Crippen LogP contribution < -0.4 is 10.6 Å². The zero-order valence-corrected chi connectivity index (χ0v) is 9.17. The largest absolute Gasteiger partial charge is 0.397 e. The second-order valence-corrected chi connectivity index (χ2v) is 5.00. The molecule has 0 spiro atoms. The summed E-state index contributed by atoms with van der Waals surface area (Å²) in [6, 6.07) is 1.75. The highest BCUT2D eigenvalue weighted by Gasteiger charge is 2.35. The summed E-state index contributed by atoms with van der Waals surface area (Å²) in [6.07, 6.45) is 1.65. The molecule has 2 N–H and O–H groups in total. The van der Waals surface area contributed by atoms with Crippen molar-refractivity contribution in [2.45, 2.75) is 13.8 Å². The van der Waals surface area contributed by atoms with E-state index in [1.165, 1.54) is 0 Å². The van der Waals surface area contributed by atoms with Crippen LogP contribution in [0.5, 0.6) is 0 Å². The Morgan fingerprint density at radius 2 is 2.14 bits per heavy atom. The Labute approximate surface area is 88.9 Å². The number of nitrogen functional groups attached to an aromatic ring is 1. The normalized spacial score (nSPS) is 19.2. The summed E-state index contributed by atoms with van der Waals surface area (Å²) in [4.78, 5) is 6.40. The summed E-state index contributed by atoms with van der Waals surface area (Å²) >= 11 is 6.05. The van der Waals surface area contributed by atoms with Gasteiger partial charge in [-0.05, 0) is 11.5 Å². The van der Waals surface area contributed by atoms with Gasteiger partial charge in [-0.1, -0.05) is 25.4 Å². The minimum absolute atomic E-state index is 0.381. The molecule has 0 unspecified atom stereocenters. The fourth-order valence-electron chi connectivity index (χ4n) is 1.82. The number of pyridine rings is 1. The van der Waals surface area contributed by atoms with Gasteiger partial charge < -0.3 is 10.6 Å². The zero-order chi connectivity index (χ0) is 10.3. The van der Waals surface area contributed by atoms with Crippen molar-refractivity contribution >= 4 is 23.1 Å². The van der Waals surface area contributed by atoms with E-state index in [0.29, 0.717) is 16.1 Å². The van der Waals surface area contributed by atoms with E-state index in [9.17, 15) is 0 Å². The summed E-state index contributed by atoms with van der Waals surface area (Å²) in [5.41, 5.74) is 6.57. The topological polar surface area (TPSA) is 42.2 Å². The van der Waals surface area contributed by atoms with Gasteiger partial charge in [-0.2, -0.15) is 0 Å². The molecule has 1 aliphatic rings. The third-order valence-electron chi connectivity index (χ3n) is 2.38. The third-order valence-corrected chi connectivity index (χ3v) is 2.66. The summed E-state index contributed by atoms with van der Waals surface area (Å²) in [5.74, 6) is 0.847. The van der Waals surface area contributed by atoms with Gasteiger partial charge in [0, 0.05) is 13.1 Å². The van der Waals surface area contributed by atoms with Crippen molar-refractivity contribution in [3.8, 4) is 0 Å². The molecule has 1 fully saturated rings. The molecule has 1 aromatic rings. The number of hydrogen-bond donors (Lipinski definition) is 1. The Morgan fingerprint density at radius 1 is 1.50 bits per heavy atom. The second-order valence-electron chi connectivity index (χ2n) is 4.59. The first-order valence-electron chi connectivity index (χ1n) is 4.64. The van der Waals surface area contributed by atoms with E-state index in [0.717, 1.165) is 18.9 Å². The van der Waals surface area contributed by atoms with E-state index in [4.69, 9.17) is 17.3 Å². The molecule has 0 aromatic carbocycles. The van der Waals surface area contributed by atoms with E-state index >= 15 is 0 Å². The molecular weight excluding hydrogens is 198 g/mol. The van der Waals surface area contributed by atoms with Crippen LogP contribution in [0.4, 0.5) is 11.5 Å². The molecule has 0 bridgehead atoms. The van der Waals surface area contributed by atoms with Gasteiger partial charge in [0.25, 0.3) is 0 Å². The van der Waals surface area contributed by atoms with Gasteiger partial charge >= 0.3 is 0 Å². The van der Waals surface area contributed by atoms with Gasteiger partial charge in [0.2, 0.25) is 0 Å². The maximum atomic E-state index is 6.05. The SMILES string of the molecule is CC1(C)CN(c2ncc(N)cc2Cl)C1. The molecule has 3 nitrogen and oxygen atoms in total. The van der Waals surface area contributed by atoms with E-state index in [-0.39, 0.29) is 0 Å². The first kappa shape index (κ1) is 9.59. The number of nitrogens with two attached hydrogens (primary N) is 1. The zero-order valence-electron chi connectivity index (χ0n) is 8.42. The van der Waals surface area contributed by atoms with Crippen molar-refractivity contribution in [3.63, 3.8) is 0 Å². The van der Waals surface area contributed by atoms with Crippen LogP contribution in [0.3, 0.4) is 0 Å². The van der Waals surface area contributed by atoms with Crippen molar-refractivity contribution in [1.29, 1.82) is 0 Å². The highest BCUT2D eigenvalue weighted by Crippen LogP contribution is 2.36. The molecular formula is C10H14ClN3. The quantitative estimate of drug-likeness (QED) is 0.774. The lowest BCUT2D eigenvalue weighted by Crippen LogP contribution is -2.53. The first-order valence-corrected chi connectivity index (χ1v) is 5.02. The summed E-state index contributed by atoms with van der Waals surface area (Å²) in [7, 11) is 0. The molecule has 0 radical (unpaired) electrons. The lowest BCUT2D eigenvalue weighted by Gasteiger charge is -2.46. The van der Waals surface area contributed by atoms with E-state index in [1.807, 2.05) is 0 Å². The maximum absolute atomic E-state index is 6.05. The molecule has 0 saturated carbocycles. The lowest BCUT2D eigenvalue weighted by atomic mass is 9.84. The second kappa shape index (κ2) is 3.02. The molecule has 0 amide bonds. The average molecular weight is 212 g/mol. The third kappa shape index (κ3) is 1.64. The van der Waals surface area contributed by atoms with Crippen molar-refractivity contribution in [3.05, 3.63) is 17.3 Å². The molecule has 0 aliphatic carbocycles. The van der Waals surface area contributed by atoms with Crippen LogP contribution in [0.15, 0.2) is 12.3 Å². The number of halogens is 1. The fourth-order valence-corrected chi connectivity index (χ4v) is 2.11. The van der Waals surface area contributed by atoms with Gasteiger partial charge in [-0.3, -0.25) is 0 Å². The average Bonchev–Trinajstić information content (AvgIpc) is 2.00. The summed E-state index contributed by atoms with van der Waals surface area (Å²) in [5, 5.41) is 0.639. The van der Waals surface area contributed by atoms with E-state index < -0.39 is 0 Å². The smallest absolute Gasteiger partial charge is 0.147 e. The van der Waals surface area contributed by atoms with Crippen molar-refractivity contribution in [2.75, 3.05) is 23.7 Å². The van der Waals surface area contributed by atoms with Crippen LogP contribution in [-0.4, -0.2) is 18.1 Å². The van der Waals surface area contributed by atoms with Crippen molar-refractivity contribution in [2.24, 2.45) is 5.41 Å². The molecule has 2 heterocycles. The number of hydrogen-bond acceptors (Lipinski definition) is 3. The molecule has 1 aromatic heterocycles. The molecule has 0 atom stereocenters. The Morgan fingerprint density at radius 3 is 2.64 bits per heavy atom. The first-order chi connectivity index (χ1) is 6.48. The van der Waals surface area contributed by atoms with Gasteiger partial charge in [0.15, 0.2) is 0 Å². The lowest BCUT2D eigenvalue weighted by molar-refractivity contribution is 0.274. The molecule has 1 aliphatic heterocycles. The van der Waals surface area contributed by atoms with Gasteiger partial charge in [-0.25, -0.2) is 4.98 Å². The number of nitrogens with zero attached hydrogens (tertiary/aromatic N) is 2. The van der Waals surface area contributed by atoms with Gasteiger partial charge in [0.05, 0.1) is 16.9 Å². The summed E-state index contributed by atoms with van der Waals surface area (Å²) < 4.78 is 0. The van der Waals surface area contributed by atoms with Crippen LogP contribution in [0.1, 0.15) is 13.8 Å². The fraction of sp³-hybridized carbons (Fsp3) is 0.500. The molecule has 4 heteroatoms. The van der Waals surface area contributed by atoms with Crippen LogP contribution >= 0.6 is 11.6 Å². The number of aromatic nitrogens is 1. The monoisotopic (exact) mass is 211 g/mol. The van der Waals surface area contributed by atoms with Crippen LogP contribution in [-0.2, 0) is 0 Å². The minimum Gasteiger partial charge on any atom is -0.397 e. The maximum Gasteiger partial charge on any atom is 0.147 e. The van der Waals surface area contributed by atoms with Crippen LogP contribution in [0.2, 0.25) is 5.02 Å². The van der Waals surface area contributed by atoms with E-state index in [1.54, 1.807) is 12.3 Å². The molecule has 14 heavy (non-hydrogen) atoms. The highest BCUT2D eigenvalue weighted by atomic mass is 35.5. The predicted molar refractivity (Wildman–Crippen MR) is 59.7 cm³/mol. The molecule has 1 saturated heterocycles. The Kier molecular flexibility index (Phi) is 2.07. The van der Waals surface area contributed by atoms with Gasteiger partial charge in [-0.15, -0.1) is 0 Å². The minimum atomic E-state index is 0.381. The highest BCUT2D eigenvalue weighted by molar-refractivity contribution is 6.33. The van der Waals surface area contributed by atoms with E-state index in [2.05, 4.69) is 23.7 Å². The Hall–Kier alpha value is -0.960. The summed E-state index contributed by atoms with van der Waals surface area (Å²) in [6.45, 7) is 6.47. The van der Waals surface area contributed by atoms with Crippen molar-refractivity contribution in [1.82, 2.24) is 4.98 Å². The van der Waals surface area contributed by atoms with Crippen molar-refractivity contribution < 1.29 is 0 Å².